The first-order chi connectivity index (χ1) is 8.82. The molecule has 1 rings (SSSR count). The van der Waals surface area contributed by atoms with Crippen molar-refractivity contribution in [3.05, 3.63) is 23.2 Å². The van der Waals surface area contributed by atoms with Gasteiger partial charge in [-0.25, -0.2) is 8.42 Å². The third-order valence-electron chi connectivity index (χ3n) is 2.41. The van der Waals surface area contributed by atoms with Gasteiger partial charge in [0.15, 0.2) is 0 Å². The Labute approximate surface area is 116 Å². The van der Waals surface area contributed by atoms with Crippen LogP contribution in [0.25, 0.3) is 0 Å². The summed E-state index contributed by atoms with van der Waals surface area (Å²) < 4.78 is 34.6. The third-order valence-corrected chi connectivity index (χ3v) is 4.51. The number of methoxy groups -OCH3 is 2. The number of benzene rings is 1. The minimum Gasteiger partial charge on any atom is -0.495 e. The molecule has 0 aliphatic heterocycles. The maximum absolute atomic E-state index is 12.2. The first-order valence-electron chi connectivity index (χ1n) is 5.19. The quantitative estimate of drug-likeness (QED) is 0.763. The molecule has 0 spiro atoms. The highest BCUT2D eigenvalue weighted by Crippen LogP contribution is 2.27. The average molecular weight is 308 g/mol. The van der Waals surface area contributed by atoms with Gasteiger partial charge < -0.3 is 9.47 Å². The maximum Gasteiger partial charge on any atom is 0.321 e. The summed E-state index contributed by atoms with van der Waals surface area (Å²) in [5.41, 5.74) is 0. The average Bonchev–Trinajstić information content (AvgIpc) is 2.38. The summed E-state index contributed by atoms with van der Waals surface area (Å²) in [6, 6.07) is 4.07. The van der Waals surface area contributed by atoms with Gasteiger partial charge in [0.2, 0.25) is 10.0 Å². The molecular formula is C11H14ClNO5S. The van der Waals surface area contributed by atoms with Crippen molar-refractivity contribution in [2.45, 2.75) is 4.90 Å². The van der Waals surface area contributed by atoms with Crippen molar-refractivity contribution in [1.82, 2.24) is 4.31 Å². The molecule has 0 saturated heterocycles. The lowest BCUT2D eigenvalue weighted by Crippen LogP contribution is -2.32. The molecule has 1 aromatic carbocycles. The van der Waals surface area contributed by atoms with E-state index in [9.17, 15) is 13.2 Å². The van der Waals surface area contributed by atoms with Crippen LogP contribution in [0.1, 0.15) is 0 Å². The van der Waals surface area contributed by atoms with Gasteiger partial charge in [0.25, 0.3) is 0 Å². The second-order valence-electron chi connectivity index (χ2n) is 3.63. The molecule has 0 atom stereocenters. The molecule has 0 aliphatic rings. The Balaban J connectivity index is 3.06. The van der Waals surface area contributed by atoms with Crippen molar-refractivity contribution in [1.29, 1.82) is 0 Å². The molecular weight excluding hydrogens is 294 g/mol. The van der Waals surface area contributed by atoms with Crippen molar-refractivity contribution in [3.8, 4) is 5.75 Å². The smallest absolute Gasteiger partial charge is 0.321 e. The largest absolute Gasteiger partial charge is 0.495 e. The number of sulfonamides is 1. The monoisotopic (exact) mass is 307 g/mol. The number of carbonyl (C=O) groups is 1. The number of carbonyl (C=O) groups excluding carboxylic acids is 1. The van der Waals surface area contributed by atoms with E-state index in [-0.39, 0.29) is 16.5 Å². The van der Waals surface area contributed by atoms with Crippen molar-refractivity contribution < 1.29 is 22.7 Å². The second kappa shape index (κ2) is 6.23. The summed E-state index contributed by atoms with van der Waals surface area (Å²) in [6.45, 7) is -0.373. The molecule has 1 aromatic rings. The number of esters is 1. The zero-order valence-corrected chi connectivity index (χ0v) is 12.3. The lowest BCUT2D eigenvalue weighted by Gasteiger charge is -2.16. The van der Waals surface area contributed by atoms with Gasteiger partial charge in [-0.05, 0) is 18.2 Å². The van der Waals surface area contributed by atoms with E-state index < -0.39 is 16.0 Å². The van der Waals surface area contributed by atoms with Gasteiger partial charge in [-0.3, -0.25) is 4.79 Å². The molecule has 0 heterocycles. The summed E-state index contributed by atoms with van der Waals surface area (Å²) in [6.07, 6.45) is 0. The highest BCUT2D eigenvalue weighted by atomic mass is 35.5. The molecule has 19 heavy (non-hydrogen) atoms. The van der Waals surface area contributed by atoms with Crippen molar-refractivity contribution in [2.24, 2.45) is 0 Å². The molecule has 8 heteroatoms. The molecule has 106 valence electrons. The summed E-state index contributed by atoms with van der Waals surface area (Å²) >= 11 is 5.87. The van der Waals surface area contributed by atoms with Gasteiger partial charge in [0, 0.05) is 7.05 Å². The van der Waals surface area contributed by atoms with Crippen molar-refractivity contribution in [2.75, 3.05) is 27.8 Å². The number of ether oxygens (including phenoxy) is 2. The predicted octanol–water partition coefficient (Wildman–Crippen LogP) is 1.14. The van der Waals surface area contributed by atoms with Crippen LogP contribution in [0.5, 0.6) is 5.75 Å². The highest BCUT2D eigenvalue weighted by Gasteiger charge is 2.24. The minimum atomic E-state index is -3.80. The van der Waals surface area contributed by atoms with Crippen molar-refractivity contribution >= 4 is 27.6 Å². The van der Waals surface area contributed by atoms with Gasteiger partial charge in [-0.2, -0.15) is 4.31 Å². The molecule has 0 bridgehead atoms. The Bertz CT molecular complexity index is 572. The van der Waals surface area contributed by atoms with E-state index in [4.69, 9.17) is 16.3 Å². The number of nitrogens with zero attached hydrogens (tertiary/aromatic N) is 1. The van der Waals surface area contributed by atoms with E-state index in [2.05, 4.69) is 4.74 Å². The van der Waals surface area contributed by atoms with Crippen molar-refractivity contribution in [3.63, 3.8) is 0 Å². The van der Waals surface area contributed by atoms with E-state index in [1.165, 1.54) is 39.5 Å². The highest BCUT2D eigenvalue weighted by molar-refractivity contribution is 7.89. The van der Waals surface area contributed by atoms with Crippen LogP contribution in [-0.4, -0.2) is 46.5 Å². The van der Waals surface area contributed by atoms with Crippen LogP contribution in [0, 0.1) is 0 Å². The maximum atomic E-state index is 12.2. The van der Waals surface area contributed by atoms with E-state index in [0.717, 1.165) is 4.31 Å². The summed E-state index contributed by atoms with van der Waals surface area (Å²) in [5, 5.41) is 0.176. The van der Waals surface area contributed by atoms with Crippen LogP contribution in [0.3, 0.4) is 0 Å². The molecule has 0 unspecified atom stereocenters. The lowest BCUT2D eigenvalue weighted by atomic mass is 10.3. The van der Waals surface area contributed by atoms with Crippen LogP contribution in [0.2, 0.25) is 5.02 Å². The van der Waals surface area contributed by atoms with Gasteiger partial charge in [-0.15, -0.1) is 0 Å². The number of likely N-dealkylation sites (N-methyl/N-ethyl adjacent to an activating group) is 1. The summed E-state index contributed by atoms with van der Waals surface area (Å²) in [4.78, 5) is 11.1. The fourth-order valence-electron chi connectivity index (χ4n) is 1.32. The van der Waals surface area contributed by atoms with Crippen LogP contribution >= 0.6 is 11.6 Å². The van der Waals surface area contributed by atoms with Gasteiger partial charge in [0.1, 0.15) is 12.3 Å². The minimum absolute atomic E-state index is 0.0234. The molecule has 0 amide bonds. The van der Waals surface area contributed by atoms with E-state index >= 15 is 0 Å². The van der Waals surface area contributed by atoms with Crippen LogP contribution in [0.4, 0.5) is 0 Å². The van der Waals surface area contributed by atoms with Crippen LogP contribution < -0.4 is 4.74 Å². The molecule has 0 N–H and O–H groups in total. The van der Waals surface area contributed by atoms with E-state index in [1.54, 1.807) is 0 Å². The zero-order valence-electron chi connectivity index (χ0n) is 10.7. The topological polar surface area (TPSA) is 72.9 Å². The summed E-state index contributed by atoms with van der Waals surface area (Å²) in [7, 11) is 0.0999. The Kier molecular flexibility index (Phi) is 5.16. The van der Waals surface area contributed by atoms with E-state index in [1.807, 2.05) is 0 Å². The molecule has 6 nitrogen and oxygen atoms in total. The number of rotatable bonds is 5. The Morgan fingerprint density at radius 2 is 2.00 bits per heavy atom. The standard InChI is InChI=1S/C11H14ClNO5S/c1-13(7-11(14)18-3)19(15,16)8-4-5-10(17-2)9(12)6-8/h4-6H,7H2,1-3H3. The third kappa shape index (κ3) is 3.59. The second-order valence-corrected chi connectivity index (χ2v) is 6.09. The SMILES string of the molecule is COC(=O)CN(C)S(=O)(=O)c1ccc(OC)c(Cl)c1. The first-order valence-corrected chi connectivity index (χ1v) is 7.01. The zero-order chi connectivity index (χ0) is 14.6. The van der Waals surface area contributed by atoms with Gasteiger partial charge in [-0.1, -0.05) is 11.6 Å². The first kappa shape index (κ1) is 15.7. The number of hydrogen-bond acceptors (Lipinski definition) is 5. The van der Waals surface area contributed by atoms with Crippen LogP contribution in [0.15, 0.2) is 23.1 Å². The fraction of sp³-hybridized carbons (Fsp3) is 0.364. The predicted molar refractivity (Wildman–Crippen MR) is 69.8 cm³/mol. The van der Waals surface area contributed by atoms with E-state index in [0.29, 0.717) is 5.75 Å². The Morgan fingerprint density at radius 1 is 1.37 bits per heavy atom. The molecule has 0 aliphatic carbocycles. The fourth-order valence-corrected chi connectivity index (χ4v) is 2.78. The number of hydrogen-bond donors (Lipinski definition) is 0. The van der Waals surface area contributed by atoms with Gasteiger partial charge in [0.05, 0.1) is 24.1 Å². The van der Waals surface area contributed by atoms with Gasteiger partial charge >= 0.3 is 5.97 Å². The molecule has 0 aromatic heterocycles. The Hall–Kier alpha value is -1.31. The number of halogens is 1. The Morgan fingerprint density at radius 3 is 2.47 bits per heavy atom. The summed E-state index contributed by atoms with van der Waals surface area (Å²) in [5.74, 6) is -0.276. The molecule has 0 fully saturated rings. The molecule has 0 radical (unpaired) electrons. The normalized spacial score (nSPS) is 11.4. The lowest BCUT2D eigenvalue weighted by molar-refractivity contribution is -0.140. The molecule has 0 saturated carbocycles. The van der Waals surface area contributed by atoms with Crippen LogP contribution in [-0.2, 0) is 19.6 Å².